The number of aliphatic imine (C=N–C) groups is 1. The molecule has 13 heavy (non-hydrogen) atoms. The van der Waals surface area contributed by atoms with Crippen molar-refractivity contribution in [3.63, 3.8) is 0 Å². The van der Waals surface area contributed by atoms with Crippen LogP contribution in [0.1, 0.15) is 13.8 Å². The minimum Gasteiger partial charge on any atom is -0.394 e. The Morgan fingerprint density at radius 2 is 1.85 bits per heavy atom. The van der Waals surface area contributed by atoms with Crippen LogP contribution < -0.4 is 5.73 Å². The zero-order chi connectivity index (χ0) is 10.6. The van der Waals surface area contributed by atoms with Crippen molar-refractivity contribution >= 4 is 6.21 Å². The molecule has 0 fully saturated rings. The topological polar surface area (TPSA) is 38.4 Å². The Kier molecular flexibility index (Phi) is 3.97. The molecule has 2 nitrogen and oxygen atoms in total. The Balaban J connectivity index is 5.10. The summed E-state index contributed by atoms with van der Waals surface area (Å²) in [7, 11) is 1.41. The Bertz CT molecular complexity index is 226. The average Bonchev–Trinajstić information content (AvgIpc) is 1.96. The Hall–Kier alpha value is -1.00. The van der Waals surface area contributed by atoms with Crippen LogP contribution in [0.25, 0.3) is 0 Å². The van der Waals surface area contributed by atoms with Crippen molar-refractivity contribution in [1.29, 1.82) is 0 Å². The lowest BCUT2D eigenvalue weighted by molar-refractivity contribution is -0.0935. The van der Waals surface area contributed by atoms with Gasteiger partial charge in [0.25, 0.3) is 0 Å². The van der Waals surface area contributed by atoms with Crippen molar-refractivity contribution in [2.24, 2.45) is 16.6 Å². The van der Waals surface area contributed by atoms with E-state index in [0.29, 0.717) is 0 Å². The second-order valence-electron chi connectivity index (χ2n) is 2.91. The molecule has 0 aromatic rings. The van der Waals surface area contributed by atoms with Crippen LogP contribution in [0.5, 0.6) is 0 Å². The SMILES string of the molecule is CN=C/C(=C(\N)C(F)(F)F)C(C)C. The maximum atomic E-state index is 12.1. The number of nitrogens with zero attached hydrogens (tertiary/aromatic N) is 1. The van der Waals surface area contributed by atoms with Crippen LogP contribution in [0, 0.1) is 5.92 Å². The first kappa shape index (κ1) is 12.0. The fourth-order valence-electron chi connectivity index (χ4n) is 0.832. The Labute approximate surface area is 75.3 Å². The van der Waals surface area contributed by atoms with Gasteiger partial charge in [-0.25, -0.2) is 0 Å². The summed E-state index contributed by atoms with van der Waals surface area (Å²) in [6.45, 7) is 3.27. The maximum Gasteiger partial charge on any atom is 0.431 e. The molecule has 0 radical (unpaired) electrons. The van der Waals surface area contributed by atoms with Gasteiger partial charge in [0.05, 0.1) is 0 Å². The lowest BCUT2D eigenvalue weighted by Gasteiger charge is -2.13. The van der Waals surface area contributed by atoms with Crippen molar-refractivity contribution in [3.8, 4) is 0 Å². The molecule has 0 rings (SSSR count). The molecule has 0 amide bonds. The number of alkyl halides is 3. The molecular formula is C8H13F3N2. The van der Waals surface area contributed by atoms with Gasteiger partial charge in [0.2, 0.25) is 0 Å². The van der Waals surface area contributed by atoms with E-state index < -0.39 is 11.9 Å². The lowest BCUT2D eigenvalue weighted by atomic mass is 10.0. The summed E-state index contributed by atoms with van der Waals surface area (Å²) in [6, 6.07) is 0. The van der Waals surface area contributed by atoms with Gasteiger partial charge in [-0.2, -0.15) is 13.2 Å². The normalized spacial score (nSPS) is 15.3. The molecule has 0 heterocycles. The first-order valence-corrected chi connectivity index (χ1v) is 3.79. The lowest BCUT2D eigenvalue weighted by Crippen LogP contribution is -2.23. The van der Waals surface area contributed by atoms with Gasteiger partial charge in [-0.1, -0.05) is 13.8 Å². The third-order valence-corrected chi connectivity index (χ3v) is 1.51. The fraction of sp³-hybridized carbons (Fsp3) is 0.625. The largest absolute Gasteiger partial charge is 0.431 e. The van der Waals surface area contributed by atoms with Gasteiger partial charge in [0.1, 0.15) is 5.70 Å². The highest BCUT2D eigenvalue weighted by Crippen LogP contribution is 2.26. The predicted octanol–water partition coefficient (Wildman–Crippen LogP) is 2.12. The van der Waals surface area contributed by atoms with E-state index in [-0.39, 0.29) is 11.5 Å². The van der Waals surface area contributed by atoms with E-state index in [4.69, 9.17) is 5.73 Å². The summed E-state index contributed by atoms with van der Waals surface area (Å²) in [5.74, 6) is -0.287. The third-order valence-electron chi connectivity index (χ3n) is 1.51. The first-order valence-electron chi connectivity index (χ1n) is 3.79. The van der Waals surface area contributed by atoms with E-state index in [1.165, 1.54) is 7.05 Å². The Morgan fingerprint density at radius 1 is 1.38 bits per heavy atom. The fourth-order valence-corrected chi connectivity index (χ4v) is 0.832. The zero-order valence-corrected chi connectivity index (χ0v) is 7.81. The van der Waals surface area contributed by atoms with E-state index in [0.717, 1.165) is 6.21 Å². The number of nitrogens with two attached hydrogens (primary N) is 1. The summed E-state index contributed by atoms with van der Waals surface area (Å²) in [5.41, 5.74) is 3.91. The third kappa shape index (κ3) is 3.48. The van der Waals surface area contributed by atoms with Crippen LogP contribution in [-0.2, 0) is 0 Å². The molecule has 2 N–H and O–H groups in total. The van der Waals surface area contributed by atoms with Gasteiger partial charge >= 0.3 is 6.18 Å². The highest BCUT2D eigenvalue weighted by molar-refractivity contribution is 5.80. The first-order chi connectivity index (χ1) is 5.80. The highest BCUT2D eigenvalue weighted by Gasteiger charge is 2.34. The summed E-state index contributed by atoms with van der Waals surface area (Å²) in [6.07, 6.45) is -3.33. The van der Waals surface area contributed by atoms with Gasteiger partial charge in [-0.15, -0.1) is 0 Å². The zero-order valence-electron chi connectivity index (χ0n) is 7.81. The molecule has 0 aromatic heterocycles. The number of rotatable bonds is 2. The number of halogens is 3. The van der Waals surface area contributed by atoms with Crippen LogP contribution in [0.15, 0.2) is 16.3 Å². The molecule has 0 bridgehead atoms. The molecular weight excluding hydrogens is 181 g/mol. The standard InChI is InChI=1S/C8H13F3N2/c1-5(2)6(4-13-3)7(12)8(9,10)11/h4-5H,12H2,1-3H3/b7-6+,13-4?. The van der Waals surface area contributed by atoms with Gasteiger partial charge in [-0.3, -0.25) is 4.99 Å². The number of hydrogen-bond acceptors (Lipinski definition) is 2. The van der Waals surface area contributed by atoms with Crippen LogP contribution >= 0.6 is 0 Å². The van der Waals surface area contributed by atoms with Crippen molar-refractivity contribution in [3.05, 3.63) is 11.3 Å². The van der Waals surface area contributed by atoms with Crippen molar-refractivity contribution in [2.45, 2.75) is 20.0 Å². The Morgan fingerprint density at radius 3 is 2.08 bits per heavy atom. The van der Waals surface area contributed by atoms with E-state index in [1.807, 2.05) is 0 Å². The van der Waals surface area contributed by atoms with E-state index in [2.05, 4.69) is 4.99 Å². The monoisotopic (exact) mass is 194 g/mol. The average molecular weight is 194 g/mol. The summed E-state index contributed by atoms with van der Waals surface area (Å²) in [4.78, 5) is 3.53. The number of allylic oxidation sites excluding steroid dienone is 2. The van der Waals surface area contributed by atoms with Crippen LogP contribution in [0.3, 0.4) is 0 Å². The highest BCUT2D eigenvalue weighted by atomic mass is 19.4. The summed E-state index contributed by atoms with van der Waals surface area (Å²) < 4.78 is 36.4. The van der Waals surface area contributed by atoms with Gasteiger partial charge in [-0.05, 0) is 5.92 Å². The van der Waals surface area contributed by atoms with Crippen LogP contribution in [0.4, 0.5) is 13.2 Å². The molecule has 5 heteroatoms. The maximum absolute atomic E-state index is 12.1. The molecule has 0 aliphatic carbocycles. The molecule has 0 atom stereocenters. The molecule has 76 valence electrons. The summed E-state index contributed by atoms with van der Waals surface area (Å²) in [5, 5.41) is 0. The number of hydrogen-bond donors (Lipinski definition) is 1. The second kappa shape index (κ2) is 4.30. The van der Waals surface area contributed by atoms with Crippen molar-refractivity contribution < 1.29 is 13.2 Å². The van der Waals surface area contributed by atoms with Crippen molar-refractivity contribution in [1.82, 2.24) is 0 Å². The van der Waals surface area contributed by atoms with Gasteiger partial charge < -0.3 is 5.73 Å². The smallest absolute Gasteiger partial charge is 0.394 e. The second-order valence-corrected chi connectivity index (χ2v) is 2.91. The van der Waals surface area contributed by atoms with E-state index in [9.17, 15) is 13.2 Å². The molecule has 0 saturated heterocycles. The van der Waals surface area contributed by atoms with Crippen LogP contribution in [-0.4, -0.2) is 19.4 Å². The predicted molar refractivity (Wildman–Crippen MR) is 46.5 cm³/mol. The van der Waals surface area contributed by atoms with Gasteiger partial charge in [0, 0.05) is 18.8 Å². The van der Waals surface area contributed by atoms with E-state index >= 15 is 0 Å². The van der Waals surface area contributed by atoms with Gasteiger partial charge in [0.15, 0.2) is 0 Å². The van der Waals surface area contributed by atoms with E-state index in [1.54, 1.807) is 13.8 Å². The molecule has 0 spiro atoms. The molecule has 0 aliphatic heterocycles. The van der Waals surface area contributed by atoms with Crippen LogP contribution in [0.2, 0.25) is 0 Å². The molecule has 0 saturated carbocycles. The quantitative estimate of drug-likeness (QED) is 0.672. The summed E-state index contributed by atoms with van der Waals surface area (Å²) >= 11 is 0. The molecule has 0 aliphatic rings. The minimum absolute atomic E-state index is 0.0231. The van der Waals surface area contributed by atoms with Crippen molar-refractivity contribution in [2.75, 3.05) is 7.05 Å². The molecule has 0 unspecified atom stereocenters. The molecule has 0 aromatic carbocycles. The minimum atomic E-state index is -4.47.